The van der Waals surface area contributed by atoms with Crippen molar-refractivity contribution in [1.82, 2.24) is 20.2 Å². The van der Waals surface area contributed by atoms with Crippen molar-refractivity contribution in [3.8, 4) is 5.69 Å². The Morgan fingerprint density at radius 3 is 2.55 bits per heavy atom. The monoisotopic (exact) mass is 431 g/mol. The van der Waals surface area contributed by atoms with Gasteiger partial charge in [-0.3, -0.25) is 14.5 Å². The molecule has 0 aliphatic carbocycles. The summed E-state index contributed by atoms with van der Waals surface area (Å²) in [6, 6.07) is 13.7. The maximum Gasteiger partial charge on any atom is 0.300 e. The van der Waals surface area contributed by atoms with Gasteiger partial charge in [-0.2, -0.15) is 4.68 Å². The molecule has 2 aliphatic rings. The molecule has 0 N–H and O–H groups in total. The Balaban J connectivity index is 1.54. The number of aromatic nitrogens is 4. The van der Waals surface area contributed by atoms with Gasteiger partial charge in [0.05, 0.1) is 22.5 Å². The molecule has 3 aromatic rings. The van der Waals surface area contributed by atoms with Crippen LogP contribution in [0.5, 0.6) is 0 Å². The molecule has 0 atom stereocenters. The van der Waals surface area contributed by atoms with Crippen LogP contribution in [-0.2, 0) is 11.2 Å². The van der Waals surface area contributed by atoms with Crippen LogP contribution in [0.3, 0.4) is 0 Å². The van der Waals surface area contributed by atoms with Crippen LogP contribution in [0.25, 0.3) is 11.3 Å². The predicted octanol–water partition coefficient (Wildman–Crippen LogP) is 3.72. The number of carbonyl (C=O) groups is 2. The van der Waals surface area contributed by atoms with Crippen molar-refractivity contribution in [2.24, 2.45) is 0 Å². The summed E-state index contributed by atoms with van der Waals surface area (Å²) in [7, 11) is 0. The number of carbonyl (C=O) groups excluding carboxylic acids is 2. The van der Waals surface area contributed by atoms with Gasteiger partial charge in [0.15, 0.2) is 0 Å². The number of aryl methyl sites for hydroxylation is 1. The molecule has 156 valence electrons. The van der Waals surface area contributed by atoms with Gasteiger partial charge in [0, 0.05) is 11.3 Å². The van der Waals surface area contributed by atoms with E-state index in [-0.39, 0.29) is 0 Å². The number of hydrogen-bond donors (Lipinski definition) is 0. The minimum absolute atomic E-state index is 0.421. The molecule has 0 spiro atoms. The van der Waals surface area contributed by atoms with Gasteiger partial charge in [0.1, 0.15) is 0 Å². The summed E-state index contributed by atoms with van der Waals surface area (Å²) in [6.45, 7) is 5.97. The molecule has 1 amide bonds. The second kappa shape index (κ2) is 7.16. The van der Waals surface area contributed by atoms with Crippen molar-refractivity contribution < 1.29 is 9.59 Å². The van der Waals surface area contributed by atoms with Crippen LogP contribution >= 0.6 is 11.8 Å². The van der Waals surface area contributed by atoms with E-state index in [2.05, 4.69) is 27.7 Å². The van der Waals surface area contributed by atoms with Crippen LogP contribution in [0, 0.1) is 0 Å². The number of amides is 1. The van der Waals surface area contributed by atoms with Crippen LogP contribution in [-0.4, -0.2) is 43.2 Å². The molecule has 5 rings (SSSR count). The standard InChI is InChI=1S/C23H21N5O2S/c1-4-14-10-17-15(12-23(2,3)27-19(17)18(11-14)20(29)21(27)30)13-31-22-24-25-26-28(22)16-8-6-5-7-9-16/h5-12H,4,13H2,1-3H3. The fourth-order valence-corrected chi connectivity index (χ4v) is 5.14. The number of ketones is 1. The van der Waals surface area contributed by atoms with Crippen molar-refractivity contribution >= 4 is 34.7 Å². The Labute approximate surface area is 184 Å². The first-order valence-electron chi connectivity index (χ1n) is 10.1. The normalized spacial score (nSPS) is 16.5. The molecule has 0 saturated carbocycles. The minimum Gasteiger partial charge on any atom is -0.295 e. The molecule has 1 aromatic heterocycles. The van der Waals surface area contributed by atoms with E-state index < -0.39 is 17.2 Å². The number of rotatable bonds is 5. The zero-order chi connectivity index (χ0) is 21.8. The Morgan fingerprint density at radius 1 is 1.06 bits per heavy atom. The molecule has 0 fully saturated rings. The van der Waals surface area contributed by atoms with Crippen LogP contribution in [0.15, 0.2) is 53.7 Å². The van der Waals surface area contributed by atoms with Gasteiger partial charge in [0.2, 0.25) is 5.16 Å². The zero-order valence-electron chi connectivity index (χ0n) is 17.5. The molecule has 31 heavy (non-hydrogen) atoms. The molecule has 8 heteroatoms. The van der Waals surface area contributed by atoms with Crippen LogP contribution < -0.4 is 4.90 Å². The lowest BCUT2D eigenvalue weighted by Gasteiger charge is -2.39. The van der Waals surface area contributed by atoms with Crippen molar-refractivity contribution in [2.45, 2.75) is 37.9 Å². The molecule has 2 aromatic carbocycles. The second-order valence-electron chi connectivity index (χ2n) is 8.18. The number of para-hydroxylation sites is 1. The average molecular weight is 432 g/mol. The summed E-state index contributed by atoms with van der Waals surface area (Å²) < 4.78 is 1.71. The van der Waals surface area contributed by atoms with E-state index >= 15 is 0 Å². The average Bonchev–Trinajstić information content (AvgIpc) is 3.34. The molecule has 2 aliphatic heterocycles. The Morgan fingerprint density at radius 2 is 1.81 bits per heavy atom. The number of nitrogens with zero attached hydrogens (tertiary/aromatic N) is 5. The summed E-state index contributed by atoms with van der Waals surface area (Å²) in [6.07, 6.45) is 2.87. The van der Waals surface area contributed by atoms with E-state index in [4.69, 9.17) is 0 Å². The zero-order valence-corrected chi connectivity index (χ0v) is 18.3. The number of Topliss-reactive ketones (excluding diaryl/α,β-unsaturated/α-hetero) is 1. The van der Waals surface area contributed by atoms with Gasteiger partial charge in [-0.15, -0.1) is 5.10 Å². The molecule has 0 bridgehead atoms. The van der Waals surface area contributed by atoms with E-state index in [1.54, 1.807) is 9.58 Å². The van der Waals surface area contributed by atoms with Crippen molar-refractivity contribution in [3.63, 3.8) is 0 Å². The van der Waals surface area contributed by atoms with Gasteiger partial charge < -0.3 is 0 Å². The SMILES string of the molecule is CCc1cc2c3c(c1)C(CSc1nnnn1-c1ccccc1)=CC(C)(C)N3C(=O)C2=O. The van der Waals surface area contributed by atoms with Gasteiger partial charge in [0.25, 0.3) is 11.7 Å². The van der Waals surface area contributed by atoms with E-state index in [0.29, 0.717) is 16.5 Å². The minimum atomic E-state index is -0.597. The summed E-state index contributed by atoms with van der Waals surface area (Å²) in [5.41, 5.74) is 4.60. The Hall–Kier alpha value is -3.26. The lowest BCUT2D eigenvalue weighted by Crippen LogP contribution is -2.47. The first kappa shape index (κ1) is 19.7. The van der Waals surface area contributed by atoms with Crippen LogP contribution in [0.4, 0.5) is 5.69 Å². The maximum atomic E-state index is 12.8. The highest BCUT2D eigenvalue weighted by Gasteiger charge is 2.47. The maximum absolute atomic E-state index is 12.8. The van der Waals surface area contributed by atoms with Gasteiger partial charge in [-0.1, -0.05) is 43.0 Å². The van der Waals surface area contributed by atoms with Crippen LogP contribution in [0.1, 0.15) is 42.3 Å². The number of hydrogen-bond acceptors (Lipinski definition) is 6. The smallest absolute Gasteiger partial charge is 0.295 e. The number of thioether (sulfide) groups is 1. The summed E-state index contributed by atoms with van der Waals surface area (Å²) in [4.78, 5) is 27.1. The third kappa shape index (κ3) is 3.09. The number of anilines is 1. The van der Waals surface area contributed by atoms with Crippen molar-refractivity contribution in [1.29, 1.82) is 0 Å². The van der Waals surface area contributed by atoms with Crippen LogP contribution in [0.2, 0.25) is 0 Å². The number of tetrazole rings is 1. The molecule has 7 nitrogen and oxygen atoms in total. The van der Waals surface area contributed by atoms with E-state index in [9.17, 15) is 9.59 Å². The van der Waals surface area contributed by atoms with E-state index in [0.717, 1.165) is 34.5 Å². The lowest BCUT2D eigenvalue weighted by atomic mass is 9.87. The van der Waals surface area contributed by atoms with Crippen molar-refractivity contribution in [2.75, 3.05) is 10.7 Å². The first-order chi connectivity index (χ1) is 14.9. The molecule has 0 saturated heterocycles. The third-order valence-electron chi connectivity index (χ3n) is 5.69. The topological polar surface area (TPSA) is 81.0 Å². The molecule has 0 unspecified atom stereocenters. The van der Waals surface area contributed by atoms with Gasteiger partial charge >= 0.3 is 0 Å². The van der Waals surface area contributed by atoms with E-state index in [1.165, 1.54) is 11.8 Å². The molecule has 0 radical (unpaired) electrons. The third-order valence-corrected chi connectivity index (χ3v) is 6.66. The summed E-state index contributed by atoms with van der Waals surface area (Å²) >= 11 is 1.53. The highest BCUT2D eigenvalue weighted by atomic mass is 32.2. The Bertz CT molecular complexity index is 1250. The summed E-state index contributed by atoms with van der Waals surface area (Å²) in [5.74, 6) is -0.257. The number of benzene rings is 2. The molecule has 3 heterocycles. The molecular formula is C23H21N5O2S. The summed E-state index contributed by atoms with van der Waals surface area (Å²) in [5, 5.41) is 12.8. The fraction of sp³-hybridized carbons (Fsp3) is 0.261. The quantitative estimate of drug-likeness (QED) is 0.452. The van der Waals surface area contributed by atoms with Gasteiger partial charge in [-0.25, -0.2) is 0 Å². The highest BCUT2D eigenvalue weighted by molar-refractivity contribution is 7.99. The largest absolute Gasteiger partial charge is 0.300 e. The fourth-order valence-electron chi connectivity index (χ4n) is 4.26. The highest BCUT2D eigenvalue weighted by Crippen LogP contribution is 2.47. The molecular weight excluding hydrogens is 410 g/mol. The van der Waals surface area contributed by atoms with Gasteiger partial charge in [-0.05, 0) is 66.1 Å². The second-order valence-corrected chi connectivity index (χ2v) is 9.13. The Kier molecular flexibility index (Phi) is 4.55. The predicted molar refractivity (Wildman–Crippen MR) is 120 cm³/mol. The lowest BCUT2D eigenvalue weighted by molar-refractivity contribution is -0.115. The first-order valence-corrected chi connectivity index (χ1v) is 11.1. The van der Waals surface area contributed by atoms with E-state index in [1.807, 2.05) is 57.2 Å². The van der Waals surface area contributed by atoms with Crippen molar-refractivity contribution in [3.05, 3.63) is 65.2 Å².